The van der Waals surface area contributed by atoms with E-state index < -0.39 is 33.6 Å². The van der Waals surface area contributed by atoms with Crippen molar-refractivity contribution < 1.29 is 21.9 Å². The van der Waals surface area contributed by atoms with E-state index in [4.69, 9.17) is 10.5 Å². The lowest BCUT2D eigenvalue weighted by atomic mass is 9.93. The van der Waals surface area contributed by atoms with Gasteiger partial charge in [-0.15, -0.1) is 0 Å². The summed E-state index contributed by atoms with van der Waals surface area (Å²) >= 11 is 0. The fourth-order valence-electron chi connectivity index (χ4n) is 4.28. The van der Waals surface area contributed by atoms with Crippen molar-refractivity contribution in [2.45, 2.75) is 43.5 Å². The Morgan fingerprint density at radius 3 is 2.62 bits per heavy atom. The quantitative estimate of drug-likeness (QED) is 0.820. The van der Waals surface area contributed by atoms with Crippen molar-refractivity contribution in [1.29, 1.82) is 0 Å². The molecule has 8 heteroatoms. The molecule has 0 radical (unpaired) electrons. The Kier molecular flexibility index (Phi) is 5.46. The standard InChI is InChI=1S/C21H24F2N2O3S/c1-29(26,27)12-13-2-3-14-9-25(10-15(14)6-13)17-8-20(24)21(28-11-17)18-7-16(22)4-5-19(18)23/h2-7,17,20-21H,8-12,24H2,1H3/t17-,20+,21-/m1/s1. The number of ether oxygens (including phenoxy) is 1. The number of nitrogens with two attached hydrogens (primary N) is 1. The highest BCUT2D eigenvalue weighted by Gasteiger charge is 2.36. The van der Waals surface area contributed by atoms with Crippen molar-refractivity contribution in [1.82, 2.24) is 4.90 Å². The molecule has 0 amide bonds. The fraction of sp³-hybridized carbons (Fsp3) is 0.429. The molecule has 2 N–H and O–H groups in total. The van der Waals surface area contributed by atoms with Crippen LogP contribution in [0.25, 0.3) is 0 Å². The Bertz CT molecular complexity index is 1030. The summed E-state index contributed by atoms with van der Waals surface area (Å²) in [6, 6.07) is 8.71. The van der Waals surface area contributed by atoms with Gasteiger partial charge in [0.15, 0.2) is 9.84 Å². The number of hydrogen-bond acceptors (Lipinski definition) is 5. The van der Waals surface area contributed by atoms with Gasteiger partial charge in [-0.3, -0.25) is 4.90 Å². The zero-order chi connectivity index (χ0) is 20.8. The molecule has 2 aliphatic heterocycles. The Morgan fingerprint density at radius 1 is 1.14 bits per heavy atom. The van der Waals surface area contributed by atoms with Crippen LogP contribution in [0.3, 0.4) is 0 Å². The molecule has 2 heterocycles. The van der Waals surface area contributed by atoms with Gasteiger partial charge in [0.05, 0.1) is 12.4 Å². The summed E-state index contributed by atoms with van der Waals surface area (Å²) in [5, 5.41) is 0. The van der Waals surface area contributed by atoms with Crippen LogP contribution in [0, 0.1) is 11.6 Å². The maximum atomic E-state index is 14.1. The average molecular weight is 422 g/mol. The van der Waals surface area contributed by atoms with Crippen LogP contribution in [-0.2, 0) is 33.4 Å². The molecule has 2 aromatic carbocycles. The summed E-state index contributed by atoms with van der Waals surface area (Å²) in [5.41, 5.74) is 9.49. The van der Waals surface area contributed by atoms with Crippen LogP contribution in [-0.4, -0.2) is 38.3 Å². The summed E-state index contributed by atoms with van der Waals surface area (Å²) in [7, 11) is -3.08. The van der Waals surface area contributed by atoms with E-state index in [-0.39, 0.29) is 17.4 Å². The van der Waals surface area contributed by atoms with Gasteiger partial charge in [-0.25, -0.2) is 17.2 Å². The topological polar surface area (TPSA) is 72.6 Å². The van der Waals surface area contributed by atoms with Gasteiger partial charge in [-0.1, -0.05) is 18.2 Å². The van der Waals surface area contributed by atoms with Gasteiger partial charge in [0.25, 0.3) is 0 Å². The first kappa shape index (κ1) is 20.4. The zero-order valence-corrected chi connectivity index (χ0v) is 17.0. The minimum atomic E-state index is -3.08. The van der Waals surface area contributed by atoms with Crippen LogP contribution >= 0.6 is 0 Å². The predicted octanol–water partition coefficient (Wildman–Crippen LogP) is 2.68. The summed E-state index contributed by atoms with van der Waals surface area (Å²) in [6.07, 6.45) is 1.16. The molecular weight excluding hydrogens is 398 g/mol. The van der Waals surface area contributed by atoms with Crippen LogP contribution in [0.2, 0.25) is 0 Å². The minimum absolute atomic E-state index is 0.0264. The van der Waals surface area contributed by atoms with Crippen molar-refractivity contribution in [3.8, 4) is 0 Å². The van der Waals surface area contributed by atoms with Crippen LogP contribution in [0.4, 0.5) is 8.78 Å². The van der Waals surface area contributed by atoms with Gasteiger partial charge >= 0.3 is 0 Å². The highest BCUT2D eigenvalue weighted by molar-refractivity contribution is 7.89. The third-order valence-corrected chi connectivity index (χ3v) is 6.49. The molecule has 3 atom stereocenters. The van der Waals surface area contributed by atoms with E-state index in [0.29, 0.717) is 19.6 Å². The first-order valence-corrected chi connectivity index (χ1v) is 11.6. The maximum absolute atomic E-state index is 14.1. The van der Waals surface area contributed by atoms with Gasteiger partial charge < -0.3 is 10.5 Å². The first-order valence-electron chi connectivity index (χ1n) is 9.54. The summed E-state index contributed by atoms with van der Waals surface area (Å²) in [5.74, 6) is -1.00. The van der Waals surface area contributed by atoms with E-state index in [1.807, 2.05) is 18.2 Å². The Hall–Kier alpha value is -1.87. The lowest BCUT2D eigenvalue weighted by Gasteiger charge is -2.38. The molecule has 0 saturated carbocycles. The lowest BCUT2D eigenvalue weighted by Crippen LogP contribution is -2.47. The molecule has 4 rings (SSSR count). The number of nitrogens with zero attached hydrogens (tertiary/aromatic N) is 1. The minimum Gasteiger partial charge on any atom is -0.370 e. The average Bonchev–Trinajstić information content (AvgIpc) is 3.06. The maximum Gasteiger partial charge on any atom is 0.151 e. The zero-order valence-electron chi connectivity index (χ0n) is 16.1. The second kappa shape index (κ2) is 7.75. The van der Waals surface area contributed by atoms with Gasteiger partial charge in [0.1, 0.15) is 17.7 Å². The normalized spacial score (nSPS) is 25.2. The number of rotatable bonds is 4. The molecule has 0 spiro atoms. The molecule has 0 aliphatic carbocycles. The van der Waals surface area contributed by atoms with E-state index >= 15 is 0 Å². The molecule has 0 aromatic heterocycles. The first-order chi connectivity index (χ1) is 13.7. The second-order valence-corrected chi connectivity index (χ2v) is 10.2. The molecule has 0 bridgehead atoms. The summed E-state index contributed by atoms with van der Waals surface area (Å²) < 4.78 is 56.6. The van der Waals surface area contributed by atoms with Crippen molar-refractivity contribution in [2.75, 3.05) is 12.9 Å². The molecule has 1 saturated heterocycles. The predicted molar refractivity (Wildman–Crippen MR) is 106 cm³/mol. The smallest absolute Gasteiger partial charge is 0.151 e. The summed E-state index contributed by atoms with van der Waals surface area (Å²) in [6.45, 7) is 1.79. The van der Waals surface area contributed by atoms with Crippen LogP contribution in [0.15, 0.2) is 36.4 Å². The third-order valence-electron chi connectivity index (χ3n) is 5.63. The largest absolute Gasteiger partial charge is 0.370 e. The molecule has 1 fully saturated rings. The second-order valence-electron chi connectivity index (χ2n) is 8.05. The van der Waals surface area contributed by atoms with Gasteiger partial charge in [0.2, 0.25) is 0 Å². The molecule has 2 aliphatic rings. The lowest BCUT2D eigenvalue weighted by molar-refractivity contribution is -0.0531. The van der Waals surface area contributed by atoms with Gasteiger partial charge in [-0.05, 0) is 41.3 Å². The number of benzene rings is 2. The fourth-order valence-corrected chi connectivity index (χ4v) is 5.06. The van der Waals surface area contributed by atoms with Crippen LogP contribution in [0.5, 0.6) is 0 Å². The van der Waals surface area contributed by atoms with Crippen molar-refractivity contribution in [2.24, 2.45) is 5.73 Å². The van der Waals surface area contributed by atoms with Gasteiger partial charge in [-0.2, -0.15) is 0 Å². The SMILES string of the molecule is CS(=O)(=O)Cc1ccc2c(c1)CN([C@H]1CO[C@H](c3cc(F)ccc3F)[C@@H](N)C1)C2. The molecule has 5 nitrogen and oxygen atoms in total. The highest BCUT2D eigenvalue weighted by atomic mass is 32.2. The van der Waals surface area contributed by atoms with E-state index in [0.717, 1.165) is 41.4 Å². The molecule has 2 aromatic rings. The molecule has 156 valence electrons. The number of fused-ring (bicyclic) bond motifs is 1. The monoisotopic (exact) mass is 422 g/mol. The van der Waals surface area contributed by atoms with E-state index in [2.05, 4.69) is 4.90 Å². The highest BCUT2D eigenvalue weighted by Crippen LogP contribution is 2.34. The Morgan fingerprint density at radius 2 is 1.90 bits per heavy atom. The molecule has 29 heavy (non-hydrogen) atoms. The number of sulfone groups is 1. The van der Waals surface area contributed by atoms with Crippen LogP contribution < -0.4 is 5.73 Å². The van der Waals surface area contributed by atoms with Crippen LogP contribution in [0.1, 0.15) is 34.8 Å². The molecule has 0 unspecified atom stereocenters. The van der Waals surface area contributed by atoms with E-state index in [9.17, 15) is 17.2 Å². The third kappa shape index (κ3) is 4.50. The number of hydrogen-bond donors (Lipinski definition) is 1. The van der Waals surface area contributed by atoms with E-state index in [1.54, 1.807) is 0 Å². The molecular formula is C21H24F2N2O3S. The van der Waals surface area contributed by atoms with Crippen molar-refractivity contribution in [3.05, 3.63) is 70.3 Å². The number of halogens is 2. The Labute approximate surface area is 169 Å². The van der Waals surface area contributed by atoms with Crippen molar-refractivity contribution in [3.63, 3.8) is 0 Å². The van der Waals surface area contributed by atoms with Crippen molar-refractivity contribution >= 4 is 9.84 Å². The Balaban J connectivity index is 1.44. The summed E-state index contributed by atoms with van der Waals surface area (Å²) in [4.78, 5) is 2.24. The van der Waals surface area contributed by atoms with E-state index in [1.165, 1.54) is 6.26 Å². The van der Waals surface area contributed by atoms with Gasteiger partial charge in [0, 0.05) is 37.0 Å².